The molecule has 0 saturated heterocycles. The van der Waals surface area contributed by atoms with Crippen LogP contribution in [0.3, 0.4) is 0 Å². The summed E-state index contributed by atoms with van der Waals surface area (Å²) >= 11 is 0. The Balaban J connectivity index is 1.66. The molecule has 3 aromatic heterocycles. The highest BCUT2D eigenvalue weighted by Crippen LogP contribution is 2.29. The van der Waals surface area contributed by atoms with E-state index in [1.54, 1.807) is 36.8 Å². The van der Waals surface area contributed by atoms with Gasteiger partial charge in [0, 0.05) is 29.7 Å². The number of nitrogens with one attached hydrogen (secondary N) is 1. The molecule has 0 bridgehead atoms. The third kappa shape index (κ3) is 3.53. The lowest BCUT2D eigenvalue weighted by molar-refractivity contribution is 0.102. The molecule has 3 heterocycles. The standard InChI is InChI=1S/C21H21N7O/c1-12-3-8-16(25-11-12)26-21(29)15-6-4-14(5-7-15)17-18-19(23)24-9-10-28(18)20(27-17)13(2)22/h3-11,13H,22H2,1-2H3,(H2,23,24)(H,25,26,29)/t13-/m0/s1. The minimum absolute atomic E-state index is 0.236. The van der Waals surface area contributed by atoms with Gasteiger partial charge in [-0.25, -0.2) is 15.0 Å². The molecular weight excluding hydrogens is 366 g/mol. The minimum Gasteiger partial charge on any atom is -0.382 e. The van der Waals surface area contributed by atoms with Gasteiger partial charge in [-0.05, 0) is 37.6 Å². The van der Waals surface area contributed by atoms with Crippen molar-refractivity contribution in [1.82, 2.24) is 19.4 Å². The van der Waals surface area contributed by atoms with Gasteiger partial charge in [-0.1, -0.05) is 18.2 Å². The lowest BCUT2D eigenvalue weighted by atomic mass is 10.1. The summed E-state index contributed by atoms with van der Waals surface area (Å²) in [6.07, 6.45) is 5.11. The average Bonchev–Trinajstić information content (AvgIpc) is 3.11. The molecule has 4 aromatic rings. The highest BCUT2D eigenvalue weighted by molar-refractivity contribution is 6.04. The summed E-state index contributed by atoms with van der Waals surface area (Å²) < 4.78 is 1.85. The zero-order chi connectivity index (χ0) is 20.5. The van der Waals surface area contributed by atoms with Crippen molar-refractivity contribution in [2.45, 2.75) is 19.9 Å². The van der Waals surface area contributed by atoms with Gasteiger partial charge >= 0.3 is 0 Å². The van der Waals surface area contributed by atoms with E-state index >= 15 is 0 Å². The van der Waals surface area contributed by atoms with Crippen LogP contribution < -0.4 is 16.8 Å². The van der Waals surface area contributed by atoms with Crippen LogP contribution in [0.1, 0.15) is 34.7 Å². The van der Waals surface area contributed by atoms with Crippen LogP contribution in [0.2, 0.25) is 0 Å². The van der Waals surface area contributed by atoms with Gasteiger partial charge in [0.2, 0.25) is 0 Å². The van der Waals surface area contributed by atoms with Crippen LogP contribution in [0.5, 0.6) is 0 Å². The maximum Gasteiger partial charge on any atom is 0.256 e. The number of fused-ring (bicyclic) bond motifs is 1. The lowest BCUT2D eigenvalue weighted by Crippen LogP contribution is -2.12. The smallest absolute Gasteiger partial charge is 0.256 e. The molecule has 1 amide bonds. The van der Waals surface area contributed by atoms with Gasteiger partial charge < -0.3 is 16.8 Å². The molecule has 0 saturated carbocycles. The van der Waals surface area contributed by atoms with Crippen LogP contribution in [0.15, 0.2) is 55.0 Å². The monoisotopic (exact) mass is 387 g/mol. The molecule has 29 heavy (non-hydrogen) atoms. The van der Waals surface area contributed by atoms with E-state index in [0.29, 0.717) is 34.2 Å². The van der Waals surface area contributed by atoms with Gasteiger partial charge in [0.15, 0.2) is 0 Å². The second kappa shape index (κ2) is 7.33. The molecule has 146 valence electrons. The van der Waals surface area contributed by atoms with E-state index in [-0.39, 0.29) is 11.9 Å². The molecule has 0 unspecified atom stereocenters. The molecule has 0 fully saturated rings. The quantitative estimate of drug-likeness (QED) is 0.494. The molecule has 1 atom stereocenters. The third-order valence-corrected chi connectivity index (χ3v) is 4.59. The van der Waals surface area contributed by atoms with Crippen molar-refractivity contribution in [3.8, 4) is 11.3 Å². The van der Waals surface area contributed by atoms with Gasteiger partial charge in [-0.2, -0.15) is 0 Å². The van der Waals surface area contributed by atoms with Crippen molar-refractivity contribution in [3.05, 3.63) is 71.9 Å². The number of carbonyl (C=O) groups excluding carboxylic acids is 1. The number of amides is 1. The topological polar surface area (TPSA) is 124 Å². The summed E-state index contributed by atoms with van der Waals surface area (Å²) in [6, 6.07) is 10.5. The molecule has 8 nitrogen and oxygen atoms in total. The molecule has 0 aliphatic heterocycles. The van der Waals surface area contributed by atoms with Crippen LogP contribution in [0.25, 0.3) is 16.8 Å². The lowest BCUT2D eigenvalue weighted by Gasteiger charge is -2.06. The number of aromatic nitrogens is 4. The number of nitrogens with two attached hydrogens (primary N) is 2. The largest absolute Gasteiger partial charge is 0.382 e. The SMILES string of the molecule is Cc1ccc(NC(=O)c2ccc(-c3nc([C@H](C)N)n4ccnc(N)c34)cc2)nc1. The molecule has 0 aliphatic carbocycles. The van der Waals surface area contributed by atoms with Crippen molar-refractivity contribution >= 4 is 23.1 Å². The number of pyridine rings is 1. The maximum atomic E-state index is 12.5. The summed E-state index contributed by atoms with van der Waals surface area (Å²) in [6.45, 7) is 3.80. The van der Waals surface area contributed by atoms with E-state index in [2.05, 4.69) is 20.3 Å². The highest BCUT2D eigenvalue weighted by Gasteiger charge is 2.18. The van der Waals surface area contributed by atoms with Gasteiger partial charge in [0.1, 0.15) is 28.7 Å². The van der Waals surface area contributed by atoms with Crippen molar-refractivity contribution in [2.24, 2.45) is 5.73 Å². The Morgan fingerprint density at radius 1 is 1.14 bits per heavy atom. The van der Waals surface area contributed by atoms with Gasteiger partial charge in [0.05, 0.1) is 6.04 Å². The van der Waals surface area contributed by atoms with E-state index in [9.17, 15) is 4.79 Å². The van der Waals surface area contributed by atoms with Gasteiger partial charge in [-0.3, -0.25) is 9.20 Å². The van der Waals surface area contributed by atoms with Crippen LogP contribution >= 0.6 is 0 Å². The minimum atomic E-state index is -0.273. The van der Waals surface area contributed by atoms with Crippen molar-refractivity contribution in [2.75, 3.05) is 11.1 Å². The van der Waals surface area contributed by atoms with Gasteiger partial charge in [-0.15, -0.1) is 0 Å². The Kier molecular flexibility index (Phi) is 4.69. The number of carbonyl (C=O) groups is 1. The van der Waals surface area contributed by atoms with E-state index in [1.807, 2.05) is 36.4 Å². The van der Waals surface area contributed by atoms with E-state index in [0.717, 1.165) is 11.1 Å². The summed E-state index contributed by atoms with van der Waals surface area (Å²) in [5.74, 6) is 1.33. The first kappa shape index (κ1) is 18.6. The third-order valence-electron chi connectivity index (χ3n) is 4.59. The molecule has 0 radical (unpaired) electrons. The first-order chi connectivity index (χ1) is 13.9. The number of rotatable bonds is 4. The first-order valence-corrected chi connectivity index (χ1v) is 9.16. The Hall–Kier alpha value is -3.78. The number of hydrogen-bond donors (Lipinski definition) is 3. The zero-order valence-corrected chi connectivity index (χ0v) is 16.1. The van der Waals surface area contributed by atoms with Crippen LogP contribution in [-0.4, -0.2) is 25.3 Å². The average molecular weight is 387 g/mol. The summed E-state index contributed by atoms with van der Waals surface area (Å²) in [5.41, 5.74) is 15.9. The van der Waals surface area contributed by atoms with Crippen molar-refractivity contribution in [3.63, 3.8) is 0 Å². The fraction of sp³-hybridized carbons (Fsp3) is 0.143. The molecular formula is C21H21N7O. The normalized spacial score (nSPS) is 12.1. The Morgan fingerprint density at radius 2 is 1.90 bits per heavy atom. The van der Waals surface area contributed by atoms with E-state index < -0.39 is 0 Å². The number of nitrogen functional groups attached to an aromatic ring is 1. The first-order valence-electron chi connectivity index (χ1n) is 9.16. The number of imidazole rings is 1. The second-order valence-electron chi connectivity index (χ2n) is 6.89. The van der Waals surface area contributed by atoms with E-state index in [1.165, 1.54) is 0 Å². The molecule has 0 spiro atoms. The molecule has 1 aromatic carbocycles. The number of hydrogen-bond acceptors (Lipinski definition) is 6. The van der Waals surface area contributed by atoms with Crippen LogP contribution in [-0.2, 0) is 0 Å². The summed E-state index contributed by atoms with van der Waals surface area (Å²) in [4.78, 5) is 25.5. The fourth-order valence-electron chi connectivity index (χ4n) is 3.12. The molecule has 4 rings (SSSR count). The summed E-state index contributed by atoms with van der Waals surface area (Å²) in [5, 5.41) is 2.79. The van der Waals surface area contributed by atoms with Crippen LogP contribution in [0.4, 0.5) is 11.6 Å². The van der Waals surface area contributed by atoms with Crippen LogP contribution in [0, 0.1) is 6.92 Å². The zero-order valence-electron chi connectivity index (χ0n) is 16.1. The Morgan fingerprint density at radius 3 is 2.55 bits per heavy atom. The predicted octanol–water partition coefficient (Wildman–Crippen LogP) is 2.95. The van der Waals surface area contributed by atoms with Crippen molar-refractivity contribution < 1.29 is 4.79 Å². The number of aryl methyl sites for hydroxylation is 1. The number of anilines is 2. The fourth-order valence-corrected chi connectivity index (χ4v) is 3.12. The summed E-state index contributed by atoms with van der Waals surface area (Å²) in [7, 11) is 0. The molecule has 0 aliphatic rings. The van der Waals surface area contributed by atoms with E-state index in [4.69, 9.17) is 11.5 Å². The number of benzene rings is 1. The molecule has 8 heteroatoms. The van der Waals surface area contributed by atoms with Crippen molar-refractivity contribution in [1.29, 1.82) is 0 Å². The number of nitrogens with zero attached hydrogens (tertiary/aromatic N) is 4. The predicted molar refractivity (Wildman–Crippen MR) is 112 cm³/mol. The maximum absolute atomic E-state index is 12.5. The Labute approximate surface area is 167 Å². The second-order valence-corrected chi connectivity index (χ2v) is 6.89. The molecule has 5 N–H and O–H groups in total. The Bertz CT molecular complexity index is 1180. The van der Waals surface area contributed by atoms with Gasteiger partial charge in [0.25, 0.3) is 5.91 Å². The highest BCUT2D eigenvalue weighted by atomic mass is 16.1.